The van der Waals surface area contributed by atoms with E-state index in [4.69, 9.17) is 4.74 Å². The van der Waals surface area contributed by atoms with Gasteiger partial charge in [0.05, 0.1) is 18.3 Å². The summed E-state index contributed by atoms with van der Waals surface area (Å²) in [6, 6.07) is 6.58. The highest BCUT2D eigenvalue weighted by Gasteiger charge is 2.43. The Balaban J connectivity index is 2.06. The van der Waals surface area contributed by atoms with E-state index in [9.17, 15) is 23.2 Å². The molecule has 0 saturated heterocycles. The molecule has 2 amide bonds. The van der Waals surface area contributed by atoms with Crippen molar-refractivity contribution in [2.75, 3.05) is 11.9 Å². The third-order valence-electron chi connectivity index (χ3n) is 5.89. The van der Waals surface area contributed by atoms with Crippen molar-refractivity contribution in [3.05, 3.63) is 47.8 Å². The molecule has 0 radical (unpaired) electrons. The van der Waals surface area contributed by atoms with E-state index in [0.29, 0.717) is 36.1 Å². The lowest BCUT2D eigenvalue weighted by atomic mass is 9.94. The number of esters is 1. The maximum atomic E-state index is 14.8. The molecule has 1 aromatic heterocycles. The fourth-order valence-electron chi connectivity index (χ4n) is 4.00. The van der Waals surface area contributed by atoms with Crippen LogP contribution in [0.2, 0.25) is 0 Å². The Bertz CT molecular complexity index is 1160. The Hall–Kier alpha value is -3.56. The molecule has 0 spiro atoms. The van der Waals surface area contributed by atoms with E-state index < -0.39 is 41.1 Å². The van der Waals surface area contributed by atoms with E-state index in [1.165, 1.54) is 13.0 Å². The number of amides is 2. The van der Waals surface area contributed by atoms with Gasteiger partial charge < -0.3 is 20.1 Å². The van der Waals surface area contributed by atoms with Crippen molar-refractivity contribution in [2.45, 2.75) is 71.4 Å². The molecule has 1 aromatic carbocycles. The molecule has 2 atom stereocenters. The van der Waals surface area contributed by atoms with Gasteiger partial charge in [0, 0.05) is 28.9 Å². The van der Waals surface area contributed by atoms with Crippen LogP contribution in [0.1, 0.15) is 71.2 Å². The van der Waals surface area contributed by atoms with Gasteiger partial charge in [0.25, 0.3) is 0 Å². The molecule has 200 valence electrons. The van der Waals surface area contributed by atoms with Gasteiger partial charge in [0.1, 0.15) is 5.60 Å². The van der Waals surface area contributed by atoms with E-state index in [2.05, 4.69) is 20.4 Å². The number of hydrogen-bond donors (Lipinski definition) is 2. The smallest absolute Gasteiger partial charge is 0.408 e. The first-order valence-electron chi connectivity index (χ1n) is 12.3. The lowest BCUT2D eigenvalue weighted by molar-refractivity contribution is -0.173. The van der Waals surface area contributed by atoms with Crippen LogP contribution in [-0.4, -0.2) is 35.2 Å². The average Bonchev–Trinajstić information content (AvgIpc) is 2.81. The summed E-state index contributed by atoms with van der Waals surface area (Å²) in [6.07, 6.45) is 2.56. The second-order valence-corrected chi connectivity index (χ2v) is 10.0. The normalized spacial score (nSPS) is 18.4. The van der Waals surface area contributed by atoms with Gasteiger partial charge in [-0.2, -0.15) is 8.78 Å². The molecule has 2 N–H and O–H groups in total. The molecule has 2 aromatic rings. The van der Waals surface area contributed by atoms with Gasteiger partial charge in [0.15, 0.2) is 0 Å². The van der Waals surface area contributed by atoms with Crippen molar-refractivity contribution >= 4 is 23.7 Å². The lowest BCUT2D eigenvalue weighted by Gasteiger charge is -2.25. The molecule has 2 heterocycles. The van der Waals surface area contributed by atoms with E-state index in [-0.39, 0.29) is 18.2 Å². The second kappa shape index (κ2) is 11.2. The molecule has 1 aliphatic rings. The number of nitrogens with zero attached hydrogens (tertiary/aromatic N) is 1. The van der Waals surface area contributed by atoms with E-state index in [1.807, 2.05) is 0 Å². The molecule has 8 nitrogen and oxygen atoms in total. The SMILES string of the molecule is CCOC(=O)C(F)(F)c1ccc2c(c1)NC(=O)C(C)CCCC(NC(=O)OC(C)(C)C)c1cc-2ccn1. The number of pyridine rings is 1. The third kappa shape index (κ3) is 7.02. The van der Waals surface area contributed by atoms with Gasteiger partial charge in [-0.1, -0.05) is 25.5 Å². The van der Waals surface area contributed by atoms with Gasteiger partial charge in [-0.15, -0.1) is 0 Å². The van der Waals surface area contributed by atoms with Gasteiger partial charge in [-0.05, 0) is 64.3 Å². The molecule has 3 rings (SSSR count). The van der Waals surface area contributed by atoms with Gasteiger partial charge in [-0.3, -0.25) is 9.78 Å². The number of anilines is 1. The number of nitrogens with one attached hydrogen (secondary N) is 2. The Morgan fingerprint density at radius 3 is 2.57 bits per heavy atom. The van der Waals surface area contributed by atoms with Crippen LogP contribution in [0.5, 0.6) is 0 Å². The first kappa shape index (κ1) is 28.0. The summed E-state index contributed by atoms with van der Waals surface area (Å²) in [6.45, 7) is 8.30. The molecule has 0 saturated carbocycles. The Labute approximate surface area is 215 Å². The average molecular weight is 518 g/mol. The minimum atomic E-state index is -3.89. The van der Waals surface area contributed by atoms with Crippen LogP contribution >= 0.6 is 0 Å². The molecular weight excluding hydrogens is 484 g/mol. The molecule has 0 fully saturated rings. The van der Waals surface area contributed by atoms with Gasteiger partial charge in [-0.25, -0.2) is 9.59 Å². The van der Waals surface area contributed by atoms with E-state index >= 15 is 0 Å². The molecule has 1 aliphatic heterocycles. The number of alkyl carbamates (subject to hydrolysis) is 1. The number of carbonyl (C=O) groups is 3. The summed E-state index contributed by atoms with van der Waals surface area (Å²) >= 11 is 0. The predicted molar refractivity (Wildman–Crippen MR) is 134 cm³/mol. The van der Waals surface area contributed by atoms with Crippen molar-refractivity contribution < 1.29 is 32.6 Å². The highest BCUT2D eigenvalue weighted by Crippen LogP contribution is 2.37. The zero-order chi connectivity index (χ0) is 27.4. The van der Waals surface area contributed by atoms with Crippen LogP contribution in [0.15, 0.2) is 36.5 Å². The van der Waals surface area contributed by atoms with Crippen molar-refractivity contribution in [1.29, 1.82) is 0 Å². The number of alkyl halides is 2. The minimum absolute atomic E-state index is 0.132. The molecule has 10 heteroatoms. The number of halogens is 2. The summed E-state index contributed by atoms with van der Waals surface area (Å²) in [5, 5.41) is 5.62. The van der Waals surface area contributed by atoms with Gasteiger partial charge in [0.2, 0.25) is 5.91 Å². The summed E-state index contributed by atoms with van der Waals surface area (Å²) < 4.78 is 39.5. The highest BCUT2D eigenvalue weighted by atomic mass is 19.3. The molecule has 2 bridgehead atoms. The number of hydrogen-bond acceptors (Lipinski definition) is 6. The first-order chi connectivity index (χ1) is 17.3. The van der Waals surface area contributed by atoms with Crippen LogP contribution in [0.4, 0.5) is 19.3 Å². The predicted octanol–water partition coefficient (Wildman–Crippen LogP) is 5.73. The summed E-state index contributed by atoms with van der Waals surface area (Å²) in [4.78, 5) is 41.8. The largest absolute Gasteiger partial charge is 0.461 e. The molecule has 0 aliphatic carbocycles. The zero-order valence-electron chi connectivity index (χ0n) is 21.7. The van der Waals surface area contributed by atoms with Crippen molar-refractivity contribution in [2.24, 2.45) is 5.92 Å². The van der Waals surface area contributed by atoms with Crippen molar-refractivity contribution in [3.63, 3.8) is 0 Å². The number of benzene rings is 1. The monoisotopic (exact) mass is 517 g/mol. The molecular formula is C27H33F2N3O5. The number of carbonyl (C=O) groups excluding carboxylic acids is 3. The molecule has 2 unspecified atom stereocenters. The Kier molecular flexibility index (Phi) is 8.50. The van der Waals surface area contributed by atoms with Crippen LogP contribution in [0.25, 0.3) is 11.1 Å². The zero-order valence-corrected chi connectivity index (χ0v) is 21.7. The maximum absolute atomic E-state index is 14.8. The van der Waals surface area contributed by atoms with Crippen molar-refractivity contribution in [3.8, 4) is 11.1 Å². The minimum Gasteiger partial charge on any atom is -0.461 e. The fourth-order valence-corrected chi connectivity index (χ4v) is 4.00. The fraction of sp³-hybridized carbons (Fsp3) is 0.481. The number of aromatic nitrogens is 1. The van der Waals surface area contributed by atoms with E-state index in [0.717, 1.165) is 12.1 Å². The lowest BCUT2D eigenvalue weighted by Crippen LogP contribution is -2.35. The quantitative estimate of drug-likeness (QED) is 0.502. The topological polar surface area (TPSA) is 107 Å². The van der Waals surface area contributed by atoms with Gasteiger partial charge >= 0.3 is 18.0 Å². The van der Waals surface area contributed by atoms with Crippen LogP contribution < -0.4 is 10.6 Å². The van der Waals surface area contributed by atoms with Crippen LogP contribution in [0, 0.1) is 5.92 Å². The number of rotatable bonds is 4. The van der Waals surface area contributed by atoms with Crippen LogP contribution in [0.3, 0.4) is 0 Å². The standard InChI is InChI=1S/C27H33F2N3O5/c1-6-36-24(34)27(28,29)18-10-11-19-17-12-13-30-22(14-17)20(32-25(35)37-26(3,4)5)9-7-8-16(2)23(33)31-21(19)15-18/h10-16,20H,6-9H2,1-5H3,(H,31,33)(H,32,35). The summed E-state index contributed by atoms with van der Waals surface area (Å²) in [7, 11) is 0. The Morgan fingerprint density at radius 2 is 1.89 bits per heavy atom. The van der Waals surface area contributed by atoms with E-state index in [1.54, 1.807) is 46.0 Å². The second-order valence-electron chi connectivity index (χ2n) is 10.0. The highest BCUT2D eigenvalue weighted by molar-refractivity contribution is 5.97. The third-order valence-corrected chi connectivity index (χ3v) is 5.89. The molecule has 37 heavy (non-hydrogen) atoms. The first-order valence-corrected chi connectivity index (χ1v) is 12.3. The summed E-state index contributed by atoms with van der Waals surface area (Å²) in [5.74, 6) is -6.33. The van der Waals surface area contributed by atoms with Crippen molar-refractivity contribution in [1.82, 2.24) is 10.3 Å². The number of ether oxygens (including phenoxy) is 2. The summed E-state index contributed by atoms with van der Waals surface area (Å²) in [5.41, 5.74) is 0.477. The number of fused-ring (bicyclic) bond motifs is 4. The Morgan fingerprint density at radius 1 is 1.16 bits per heavy atom. The van der Waals surface area contributed by atoms with Crippen LogP contribution in [-0.2, 0) is 25.0 Å². The maximum Gasteiger partial charge on any atom is 0.408 e.